The molecule has 0 radical (unpaired) electrons. The number of rotatable bonds is 22. The minimum absolute atomic E-state index is 0.117. The third-order valence-electron chi connectivity index (χ3n) is 13.7. The van der Waals surface area contributed by atoms with Crippen molar-refractivity contribution in [3.05, 3.63) is 122 Å². The Balaban J connectivity index is 1.99. The van der Waals surface area contributed by atoms with Gasteiger partial charge in [0.15, 0.2) is 0 Å². The van der Waals surface area contributed by atoms with Gasteiger partial charge in [-0.3, -0.25) is 4.79 Å². The molecule has 0 spiro atoms. The summed E-state index contributed by atoms with van der Waals surface area (Å²) in [5, 5.41) is 3.24. The molecule has 0 unspecified atom stereocenters. The van der Waals surface area contributed by atoms with E-state index in [4.69, 9.17) is 18.9 Å². The number of anilines is 1. The molecule has 0 aromatic heterocycles. The second-order valence-electron chi connectivity index (χ2n) is 23.4. The first kappa shape index (κ1) is 56.2. The summed E-state index contributed by atoms with van der Waals surface area (Å²) in [5.74, 6) is 3.54. The van der Waals surface area contributed by atoms with Gasteiger partial charge in [0.25, 0.3) is 5.91 Å². The average Bonchev–Trinajstić information content (AvgIpc) is 3.27. The molecule has 1 amide bonds. The summed E-state index contributed by atoms with van der Waals surface area (Å²) >= 11 is 0. The third-order valence-corrected chi connectivity index (χ3v) is 13.7. The molecule has 0 heterocycles. The second kappa shape index (κ2) is 25.6. The number of hydrogen-bond acceptors (Lipinski definition) is 5. The summed E-state index contributed by atoms with van der Waals surface area (Å²) in [7, 11) is 0. The first-order valence-electron chi connectivity index (χ1n) is 27.3. The molecule has 8 bridgehead atoms. The molecule has 0 fully saturated rings. The average molecular weight is 956 g/mol. The van der Waals surface area contributed by atoms with Crippen molar-refractivity contribution in [1.82, 2.24) is 0 Å². The van der Waals surface area contributed by atoms with Crippen LogP contribution >= 0.6 is 0 Å². The van der Waals surface area contributed by atoms with Gasteiger partial charge in [0, 0.05) is 48.1 Å². The fourth-order valence-corrected chi connectivity index (χ4v) is 9.34. The number of carbonyl (C=O) groups is 1. The summed E-state index contributed by atoms with van der Waals surface area (Å²) in [6.07, 6.45) is 15.1. The van der Waals surface area contributed by atoms with Gasteiger partial charge in [-0.25, -0.2) is 0 Å². The molecule has 4 aromatic carbocycles. The number of hydrogen-bond donors (Lipinski definition) is 1. The molecule has 70 heavy (non-hydrogen) atoms. The lowest BCUT2D eigenvalue weighted by Gasteiger charge is -2.29. The van der Waals surface area contributed by atoms with Crippen molar-refractivity contribution in [2.24, 2.45) is 0 Å². The van der Waals surface area contributed by atoms with E-state index in [-0.39, 0.29) is 22.2 Å². The van der Waals surface area contributed by atoms with Gasteiger partial charge in [0.2, 0.25) is 0 Å². The molecule has 0 atom stereocenters. The summed E-state index contributed by atoms with van der Waals surface area (Å²) in [6.45, 7) is 38.1. The number of amides is 1. The van der Waals surface area contributed by atoms with Crippen molar-refractivity contribution in [2.75, 3.05) is 31.7 Å². The number of benzene rings is 4. The third kappa shape index (κ3) is 15.6. The molecular weight excluding hydrogens is 863 g/mol. The van der Waals surface area contributed by atoms with Crippen molar-refractivity contribution in [2.45, 2.75) is 216 Å². The van der Waals surface area contributed by atoms with E-state index >= 15 is 0 Å². The number of carbonyl (C=O) groups excluding carboxylic acids is 1. The molecule has 1 aliphatic rings. The second-order valence-corrected chi connectivity index (χ2v) is 23.4. The number of unbranched alkanes of at least 4 members (excludes halogenated alkanes) is 8. The Kier molecular flexibility index (Phi) is 20.6. The first-order chi connectivity index (χ1) is 33.2. The van der Waals surface area contributed by atoms with Gasteiger partial charge in [-0.2, -0.15) is 0 Å². The van der Waals surface area contributed by atoms with E-state index in [2.05, 4.69) is 150 Å². The van der Waals surface area contributed by atoms with E-state index in [1.807, 2.05) is 0 Å². The van der Waals surface area contributed by atoms with Crippen LogP contribution in [0.15, 0.2) is 60.7 Å². The molecule has 384 valence electrons. The Hall–Kier alpha value is -4.71. The maximum absolute atomic E-state index is 13.5. The molecule has 5 rings (SSSR count). The molecule has 0 saturated carbocycles. The minimum Gasteiger partial charge on any atom is -0.493 e. The molecule has 6 heteroatoms. The fraction of sp³-hybridized carbons (Fsp3) is 0.578. The minimum atomic E-state index is -0.201. The Morgan fingerprint density at radius 2 is 0.657 bits per heavy atom. The standard InChI is InChI=1S/C64H93NO5/c1-16-20-24-28-67-57-45-32-47-38-54(63(10,11)12)40-49(58(47)68-29-25-21-17-2)34-51-42-56(65-61(66)44(5)6)43-52(60(51)70-31-27-23-19-4)35-50-41-55(64(13,14)15)39-48(59(50)69-30-26-22-18-3)33-46(57)37-53(36-45)62(7,8)9/h36-43H,5,16-35H2,1-4,6-15H3,(H,65,66). The van der Waals surface area contributed by atoms with Crippen LogP contribution in [0.2, 0.25) is 0 Å². The lowest BCUT2D eigenvalue weighted by molar-refractivity contribution is -0.112. The quantitative estimate of drug-likeness (QED) is 0.0553. The molecule has 0 saturated heterocycles. The van der Waals surface area contributed by atoms with Crippen LogP contribution in [0, 0.1) is 0 Å². The van der Waals surface area contributed by atoms with Crippen molar-refractivity contribution in [3.8, 4) is 23.0 Å². The van der Waals surface area contributed by atoms with Gasteiger partial charge < -0.3 is 24.3 Å². The van der Waals surface area contributed by atoms with Crippen LogP contribution in [0.25, 0.3) is 0 Å². The normalized spacial score (nSPS) is 12.9. The van der Waals surface area contributed by atoms with E-state index in [1.165, 1.54) is 27.8 Å². The van der Waals surface area contributed by atoms with E-state index in [1.54, 1.807) is 6.92 Å². The highest BCUT2D eigenvalue weighted by Crippen LogP contribution is 2.44. The highest BCUT2D eigenvalue weighted by atomic mass is 16.5. The Bertz CT molecular complexity index is 2240. The van der Waals surface area contributed by atoms with Crippen LogP contribution in [0.1, 0.15) is 235 Å². The summed E-state index contributed by atoms with van der Waals surface area (Å²) < 4.78 is 28.5. The van der Waals surface area contributed by atoms with Gasteiger partial charge in [-0.05, 0) is 111 Å². The van der Waals surface area contributed by atoms with Gasteiger partial charge in [-0.15, -0.1) is 0 Å². The van der Waals surface area contributed by atoms with Gasteiger partial charge in [-0.1, -0.05) is 184 Å². The van der Waals surface area contributed by atoms with Crippen molar-refractivity contribution < 1.29 is 23.7 Å². The van der Waals surface area contributed by atoms with E-state index < -0.39 is 0 Å². The molecule has 4 aromatic rings. The molecule has 0 aliphatic heterocycles. The predicted molar refractivity (Wildman–Crippen MR) is 297 cm³/mol. The van der Waals surface area contributed by atoms with E-state index in [9.17, 15) is 4.79 Å². The molecular formula is C64H93NO5. The Labute approximate surface area is 426 Å². The summed E-state index contributed by atoms with van der Waals surface area (Å²) in [6, 6.07) is 18.7. The van der Waals surface area contributed by atoms with Crippen LogP contribution in [-0.2, 0) is 46.7 Å². The number of ether oxygens (including phenoxy) is 4. The summed E-state index contributed by atoms with van der Waals surface area (Å²) in [5.41, 5.74) is 13.5. The smallest absolute Gasteiger partial charge is 0.250 e. The van der Waals surface area contributed by atoms with Crippen molar-refractivity contribution in [3.63, 3.8) is 0 Å². The lowest BCUT2D eigenvalue weighted by Crippen LogP contribution is -2.17. The SMILES string of the molecule is C=C(C)C(=O)Nc1cc2c(OCCCCC)c(c1)Cc1cc(C(C)(C)C)cc(c1OCCCCC)Cc1cc(C(C)(C)C)cc(c1OCCCCC)Cc1cc(C(C)(C)C)cc(c1OCCCCC)C2. The van der Waals surface area contributed by atoms with Crippen LogP contribution < -0.4 is 24.3 Å². The van der Waals surface area contributed by atoms with Gasteiger partial charge in [0.1, 0.15) is 23.0 Å². The molecule has 1 aliphatic carbocycles. The molecule has 6 nitrogen and oxygen atoms in total. The fourth-order valence-electron chi connectivity index (χ4n) is 9.34. The summed E-state index contributed by atoms with van der Waals surface area (Å²) in [4.78, 5) is 13.5. The predicted octanol–water partition coefficient (Wildman–Crippen LogP) is 17.0. The highest BCUT2D eigenvalue weighted by Gasteiger charge is 2.29. The lowest BCUT2D eigenvalue weighted by atomic mass is 9.80. The van der Waals surface area contributed by atoms with E-state index in [0.29, 0.717) is 57.7 Å². The van der Waals surface area contributed by atoms with Crippen LogP contribution in [0.4, 0.5) is 5.69 Å². The monoisotopic (exact) mass is 956 g/mol. The maximum atomic E-state index is 13.5. The zero-order valence-electron chi connectivity index (χ0n) is 46.5. The highest BCUT2D eigenvalue weighted by molar-refractivity contribution is 6.03. The van der Waals surface area contributed by atoms with Crippen molar-refractivity contribution in [1.29, 1.82) is 0 Å². The zero-order valence-corrected chi connectivity index (χ0v) is 46.5. The van der Waals surface area contributed by atoms with Crippen molar-refractivity contribution >= 4 is 11.6 Å². The maximum Gasteiger partial charge on any atom is 0.250 e. The van der Waals surface area contributed by atoms with Crippen LogP contribution in [0.5, 0.6) is 23.0 Å². The Morgan fingerprint density at radius 1 is 0.429 bits per heavy atom. The number of nitrogens with one attached hydrogen (secondary N) is 1. The largest absolute Gasteiger partial charge is 0.493 e. The zero-order chi connectivity index (χ0) is 51.2. The van der Waals surface area contributed by atoms with Gasteiger partial charge in [0.05, 0.1) is 26.4 Å². The topological polar surface area (TPSA) is 66.0 Å². The van der Waals surface area contributed by atoms with Crippen LogP contribution in [0.3, 0.4) is 0 Å². The number of fused-ring (bicyclic) bond motifs is 8. The molecule has 1 N–H and O–H groups in total. The van der Waals surface area contributed by atoms with Crippen LogP contribution in [-0.4, -0.2) is 32.3 Å². The Morgan fingerprint density at radius 3 is 0.857 bits per heavy atom. The van der Waals surface area contributed by atoms with Gasteiger partial charge >= 0.3 is 0 Å². The first-order valence-corrected chi connectivity index (χ1v) is 27.3. The van der Waals surface area contributed by atoms with E-state index in [0.717, 1.165) is 139 Å².